The molecule has 7 heteroatoms. The summed E-state index contributed by atoms with van der Waals surface area (Å²) in [6.45, 7) is 9.24. The van der Waals surface area contributed by atoms with Crippen molar-refractivity contribution in [2.24, 2.45) is 10.4 Å². The molecule has 0 aliphatic heterocycles. The third-order valence-corrected chi connectivity index (χ3v) is 3.87. The number of carbonyl (C=O) groups excluding carboxylic acids is 1. The van der Waals surface area contributed by atoms with E-state index in [0.29, 0.717) is 31.3 Å². The summed E-state index contributed by atoms with van der Waals surface area (Å²) in [7, 11) is 1.62. The van der Waals surface area contributed by atoms with Gasteiger partial charge < -0.3 is 20.7 Å². The first-order valence-corrected chi connectivity index (χ1v) is 8.99. The Kier molecular flexibility index (Phi) is 8.88. The van der Waals surface area contributed by atoms with Crippen LogP contribution in [0.25, 0.3) is 0 Å². The van der Waals surface area contributed by atoms with Crippen LogP contribution in [0.3, 0.4) is 0 Å². The number of carbonyl (C=O) groups is 1. The van der Waals surface area contributed by atoms with E-state index < -0.39 is 5.41 Å². The molecule has 0 aliphatic carbocycles. The molecule has 0 saturated heterocycles. The second-order valence-corrected chi connectivity index (χ2v) is 6.64. The Labute approximate surface area is 155 Å². The minimum absolute atomic E-state index is 0.0574. The predicted molar refractivity (Wildman–Crippen MR) is 103 cm³/mol. The van der Waals surface area contributed by atoms with E-state index in [0.717, 1.165) is 6.42 Å². The lowest BCUT2D eigenvalue weighted by Gasteiger charge is -2.22. The average molecular weight is 366 g/mol. The van der Waals surface area contributed by atoms with Gasteiger partial charge in [0.25, 0.3) is 0 Å². The Bertz CT molecular complexity index is 605. The number of amides is 1. The maximum Gasteiger partial charge on any atom is 0.227 e. The highest BCUT2D eigenvalue weighted by Gasteiger charge is 2.26. The van der Waals surface area contributed by atoms with Crippen molar-refractivity contribution in [2.45, 2.75) is 40.2 Å². The fourth-order valence-corrected chi connectivity index (χ4v) is 2.24. The van der Waals surface area contributed by atoms with Gasteiger partial charge in [-0.25, -0.2) is 4.39 Å². The van der Waals surface area contributed by atoms with E-state index in [-0.39, 0.29) is 17.8 Å². The quantitative estimate of drug-likeness (QED) is 0.463. The molecule has 0 spiro atoms. The molecule has 0 saturated carbocycles. The van der Waals surface area contributed by atoms with E-state index in [1.54, 1.807) is 19.2 Å². The van der Waals surface area contributed by atoms with Gasteiger partial charge in [0.05, 0.1) is 18.5 Å². The first kappa shape index (κ1) is 21.7. The Morgan fingerprint density at radius 1 is 1.31 bits per heavy atom. The van der Waals surface area contributed by atoms with Crippen LogP contribution in [0.4, 0.5) is 4.39 Å². The molecule has 1 rings (SSSR count). The highest BCUT2D eigenvalue weighted by molar-refractivity contribution is 5.83. The van der Waals surface area contributed by atoms with E-state index in [4.69, 9.17) is 4.74 Å². The molecule has 6 nitrogen and oxygen atoms in total. The monoisotopic (exact) mass is 366 g/mol. The number of halogens is 1. The molecule has 1 unspecified atom stereocenters. The molecule has 0 heterocycles. The van der Waals surface area contributed by atoms with Crippen LogP contribution in [0.5, 0.6) is 5.75 Å². The Balaban J connectivity index is 2.67. The summed E-state index contributed by atoms with van der Waals surface area (Å²) >= 11 is 0. The van der Waals surface area contributed by atoms with Crippen LogP contribution < -0.4 is 20.7 Å². The number of ether oxygens (including phenoxy) is 1. The van der Waals surface area contributed by atoms with Crippen molar-refractivity contribution in [1.82, 2.24) is 16.0 Å². The molecule has 0 aliphatic rings. The number of hydrogen-bond acceptors (Lipinski definition) is 3. The smallest absolute Gasteiger partial charge is 0.227 e. The number of guanidine groups is 1. The first-order chi connectivity index (χ1) is 12.3. The highest BCUT2D eigenvalue weighted by atomic mass is 19.1. The molecule has 26 heavy (non-hydrogen) atoms. The molecule has 3 N–H and O–H groups in total. The number of nitrogens with one attached hydrogen (secondary N) is 3. The number of nitrogens with zero attached hydrogens (tertiary/aromatic N) is 1. The number of aliphatic imine (C=N–C) groups is 1. The third-order valence-electron chi connectivity index (χ3n) is 3.87. The molecule has 1 aromatic rings. The number of rotatable bonds is 9. The van der Waals surface area contributed by atoms with Crippen molar-refractivity contribution in [3.8, 4) is 5.75 Å². The number of hydrogen-bond donors (Lipinski definition) is 3. The van der Waals surface area contributed by atoms with Crippen molar-refractivity contribution in [3.05, 3.63) is 30.1 Å². The van der Waals surface area contributed by atoms with Gasteiger partial charge in [-0.3, -0.25) is 9.79 Å². The third kappa shape index (κ3) is 7.29. The standard InChI is InChI=1S/C19H31FN4O2/c1-6-15(26-16-10-8-9-14(20)11-16)12-23-18(22-7-2)24-13-19(3,4)17(25)21-5/h8-11,15H,6-7,12-13H2,1-5H3,(H,21,25)(H2,22,23,24). The van der Waals surface area contributed by atoms with Gasteiger partial charge in [0.2, 0.25) is 5.91 Å². The molecule has 0 radical (unpaired) electrons. The summed E-state index contributed by atoms with van der Waals surface area (Å²) in [4.78, 5) is 16.4. The Morgan fingerprint density at radius 2 is 2.04 bits per heavy atom. The van der Waals surface area contributed by atoms with Crippen LogP contribution in [-0.4, -0.2) is 44.7 Å². The SMILES string of the molecule is CCNC(=NCC(C)(C)C(=O)NC)NCC(CC)Oc1cccc(F)c1. The molecule has 1 aromatic carbocycles. The molecular weight excluding hydrogens is 335 g/mol. The summed E-state index contributed by atoms with van der Waals surface area (Å²) in [6.07, 6.45) is 0.625. The van der Waals surface area contributed by atoms with Crippen LogP contribution in [-0.2, 0) is 4.79 Å². The predicted octanol–water partition coefficient (Wildman–Crippen LogP) is 2.31. The topological polar surface area (TPSA) is 74.8 Å². The summed E-state index contributed by atoms with van der Waals surface area (Å²) in [5, 5.41) is 9.03. The zero-order valence-corrected chi connectivity index (χ0v) is 16.4. The molecule has 1 atom stereocenters. The maximum atomic E-state index is 13.3. The molecule has 146 valence electrons. The van der Waals surface area contributed by atoms with Crippen molar-refractivity contribution in [1.29, 1.82) is 0 Å². The molecule has 0 bridgehead atoms. The van der Waals surface area contributed by atoms with Crippen molar-refractivity contribution in [2.75, 3.05) is 26.7 Å². The second-order valence-electron chi connectivity index (χ2n) is 6.64. The van der Waals surface area contributed by atoms with Crippen LogP contribution in [0.1, 0.15) is 34.1 Å². The molecular formula is C19H31FN4O2. The van der Waals surface area contributed by atoms with E-state index in [1.807, 2.05) is 27.7 Å². The summed E-state index contributed by atoms with van der Waals surface area (Å²) < 4.78 is 19.1. The van der Waals surface area contributed by atoms with Gasteiger partial charge in [-0.1, -0.05) is 13.0 Å². The Morgan fingerprint density at radius 3 is 2.62 bits per heavy atom. The van der Waals surface area contributed by atoms with E-state index in [9.17, 15) is 9.18 Å². The maximum absolute atomic E-state index is 13.3. The molecule has 0 aromatic heterocycles. The van der Waals surface area contributed by atoms with Gasteiger partial charge in [0.1, 0.15) is 17.7 Å². The van der Waals surface area contributed by atoms with Crippen molar-refractivity contribution < 1.29 is 13.9 Å². The van der Waals surface area contributed by atoms with E-state index in [1.165, 1.54) is 12.1 Å². The van der Waals surface area contributed by atoms with E-state index in [2.05, 4.69) is 20.9 Å². The van der Waals surface area contributed by atoms with Crippen LogP contribution in [0.15, 0.2) is 29.3 Å². The lowest BCUT2D eigenvalue weighted by Crippen LogP contribution is -2.44. The van der Waals surface area contributed by atoms with Crippen molar-refractivity contribution in [3.63, 3.8) is 0 Å². The largest absolute Gasteiger partial charge is 0.489 e. The van der Waals surface area contributed by atoms with Gasteiger partial charge in [-0.05, 0) is 39.3 Å². The van der Waals surface area contributed by atoms with Crippen molar-refractivity contribution >= 4 is 11.9 Å². The fourth-order valence-electron chi connectivity index (χ4n) is 2.24. The minimum atomic E-state index is -0.598. The normalized spacial score (nSPS) is 13.1. The lowest BCUT2D eigenvalue weighted by atomic mass is 9.93. The summed E-state index contributed by atoms with van der Waals surface area (Å²) in [6, 6.07) is 6.11. The Hall–Kier alpha value is -2.31. The van der Waals surface area contributed by atoms with Crippen LogP contribution in [0, 0.1) is 11.2 Å². The highest BCUT2D eigenvalue weighted by Crippen LogP contribution is 2.16. The second kappa shape index (κ2) is 10.6. The van der Waals surface area contributed by atoms with Crippen LogP contribution in [0.2, 0.25) is 0 Å². The first-order valence-electron chi connectivity index (χ1n) is 8.99. The fraction of sp³-hybridized carbons (Fsp3) is 0.579. The summed E-state index contributed by atoms with van der Waals surface area (Å²) in [5.41, 5.74) is -0.598. The van der Waals surface area contributed by atoms with Gasteiger partial charge >= 0.3 is 0 Å². The van der Waals surface area contributed by atoms with E-state index >= 15 is 0 Å². The van der Waals surface area contributed by atoms with Gasteiger partial charge in [0.15, 0.2) is 5.96 Å². The lowest BCUT2D eigenvalue weighted by molar-refractivity contribution is -0.128. The average Bonchev–Trinajstić information content (AvgIpc) is 2.62. The zero-order valence-electron chi connectivity index (χ0n) is 16.4. The van der Waals surface area contributed by atoms with Gasteiger partial charge in [0, 0.05) is 19.7 Å². The summed E-state index contributed by atoms with van der Waals surface area (Å²) in [5.74, 6) is 0.738. The van der Waals surface area contributed by atoms with Crippen LogP contribution >= 0.6 is 0 Å². The zero-order chi connectivity index (χ0) is 19.6. The van der Waals surface area contributed by atoms with Gasteiger partial charge in [-0.15, -0.1) is 0 Å². The van der Waals surface area contributed by atoms with Gasteiger partial charge in [-0.2, -0.15) is 0 Å². The minimum Gasteiger partial charge on any atom is -0.489 e. The number of benzene rings is 1. The molecule has 0 fully saturated rings. The molecule has 1 amide bonds.